The Morgan fingerprint density at radius 3 is 2.53 bits per heavy atom. The van der Waals surface area contributed by atoms with Crippen LogP contribution in [0.5, 0.6) is 0 Å². The number of carbonyl (C=O) groups is 1. The fraction of sp³-hybridized carbons (Fsp3) is 0.917. The normalized spacial score (nSPS) is 29.2. The number of rotatable bonds is 0. The molecule has 2 fully saturated rings. The first-order valence-electron chi connectivity index (χ1n) is 6.10. The Morgan fingerprint density at radius 1 is 1.29 bits per heavy atom. The van der Waals surface area contributed by atoms with Gasteiger partial charge in [-0.1, -0.05) is 20.8 Å². The molecule has 98 valence electrons. The van der Waals surface area contributed by atoms with Crippen molar-refractivity contribution in [1.82, 2.24) is 9.80 Å². The summed E-state index contributed by atoms with van der Waals surface area (Å²) in [6, 6.07) is -0.162. The molecule has 17 heavy (non-hydrogen) atoms. The summed E-state index contributed by atoms with van der Waals surface area (Å²) in [4.78, 5) is 15.6. The number of carbonyl (C=O) groups excluding carboxylic acids is 1. The summed E-state index contributed by atoms with van der Waals surface area (Å²) < 4.78 is 26.5. The van der Waals surface area contributed by atoms with E-state index >= 15 is 0 Å². The molecule has 1 unspecified atom stereocenters. The van der Waals surface area contributed by atoms with Crippen molar-refractivity contribution in [3.63, 3.8) is 0 Å². The molecule has 2 aliphatic heterocycles. The molecule has 5 heteroatoms. The molecule has 2 rings (SSSR count). The summed E-state index contributed by atoms with van der Waals surface area (Å²) >= 11 is 0. The van der Waals surface area contributed by atoms with Crippen LogP contribution in [-0.2, 0) is 4.79 Å². The Balaban J connectivity index is 2.02. The number of piperazine rings is 1. The van der Waals surface area contributed by atoms with E-state index in [1.165, 1.54) is 0 Å². The van der Waals surface area contributed by atoms with Crippen molar-refractivity contribution in [3.8, 4) is 0 Å². The molecule has 0 N–H and O–H groups in total. The SMILES string of the molecule is CC(C)(C)C(=O)N1CCN2CC(F)(F)CC2C1. The van der Waals surface area contributed by atoms with Gasteiger partial charge in [0.2, 0.25) is 5.91 Å². The van der Waals surface area contributed by atoms with E-state index in [0.29, 0.717) is 19.6 Å². The number of hydrogen-bond donors (Lipinski definition) is 0. The van der Waals surface area contributed by atoms with E-state index < -0.39 is 11.3 Å². The monoisotopic (exact) mass is 246 g/mol. The van der Waals surface area contributed by atoms with E-state index in [9.17, 15) is 13.6 Å². The zero-order valence-corrected chi connectivity index (χ0v) is 10.7. The van der Waals surface area contributed by atoms with Crippen molar-refractivity contribution < 1.29 is 13.6 Å². The Labute approximate surface area is 101 Å². The van der Waals surface area contributed by atoms with Gasteiger partial charge >= 0.3 is 0 Å². The van der Waals surface area contributed by atoms with Crippen LogP contribution in [0.25, 0.3) is 0 Å². The molecule has 3 nitrogen and oxygen atoms in total. The van der Waals surface area contributed by atoms with E-state index in [1.54, 1.807) is 4.90 Å². The topological polar surface area (TPSA) is 23.6 Å². The van der Waals surface area contributed by atoms with Crippen LogP contribution in [0.3, 0.4) is 0 Å². The molecule has 0 aromatic carbocycles. The van der Waals surface area contributed by atoms with E-state index in [2.05, 4.69) is 0 Å². The Kier molecular flexibility index (Phi) is 2.92. The summed E-state index contributed by atoms with van der Waals surface area (Å²) in [5.41, 5.74) is -0.427. The minimum absolute atomic E-state index is 0.0624. The van der Waals surface area contributed by atoms with E-state index in [1.807, 2.05) is 25.7 Å². The number of alkyl halides is 2. The predicted molar refractivity (Wildman–Crippen MR) is 61.0 cm³/mol. The third-order valence-corrected chi connectivity index (χ3v) is 3.50. The molecule has 0 saturated carbocycles. The highest BCUT2D eigenvalue weighted by atomic mass is 19.3. The number of amides is 1. The van der Waals surface area contributed by atoms with Crippen LogP contribution in [0.15, 0.2) is 0 Å². The number of nitrogens with zero attached hydrogens (tertiary/aromatic N) is 2. The van der Waals surface area contributed by atoms with Crippen LogP contribution in [0.2, 0.25) is 0 Å². The number of hydrogen-bond acceptors (Lipinski definition) is 2. The molecule has 2 aliphatic rings. The summed E-state index contributed by atoms with van der Waals surface area (Å²) in [6.07, 6.45) is -0.110. The molecule has 0 aromatic rings. The van der Waals surface area contributed by atoms with Crippen molar-refractivity contribution in [2.45, 2.75) is 39.2 Å². The second kappa shape index (κ2) is 3.90. The van der Waals surface area contributed by atoms with Gasteiger partial charge in [0.15, 0.2) is 0 Å². The Hall–Kier alpha value is -0.710. The standard InChI is InChI=1S/C12H20F2N2O/c1-11(2,3)10(17)15-4-5-16-8-12(13,14)6-9(16)7-15/h9H,4-8H2,1-3H3. The zero-order chi connectivity index (χ0) is 12.8. The third kappa shape index (κ3) is 2.59. The van der Waals surface area contributed by atoms with E-state index in [4.69, 9.17) is 0 Å². The van der Waals surface area contributed by atoms with Crippen molar-refractivity contribution in [1.29, 1.82) is 0 Å². The van der Waals surface area contributed by atoms with Gasteiger partial charge in [-0.3, -0.25) is 9.69 Å². The van der Waals surface area contributed by atoms with Gasteiger partial charge in [0.25, 0.3) is 5.92 Å². The second-order valence-electron chi connectivity index (χ2n) is 6.19. The molecule has 0 spiro atoms. The number of fused-ring (bicyclic) bond motifs is 1. The van der Waals surface area contributed by atoms with Crippen LogP contribution in [0, 0.1) is 5.41 Å². The van der Waals surface area contributed by atoms with Gasteiger partial charge in [0.05, 0.1) is 6.54 Å². The first kappa shape index (κ1) is 12.7. The lowest BCUT2D eigenvalue weighted by atomic mass is 9.94. The first-order valence-corrected chi connectivity index (χ1v) is 6.10. The quantitative estimate of drug-likeness (QED) is 0.648. The van der Waals surface area contributed by atoms with Gasteiger partial charge in [0.1, 0.15) is 0 Å². The number of halogens is 2. The smallest absolute Gasteiger partial charge is 0.262 e. The molecule has 0 bridgehead atoms. The highest BCUT2D eigenvalue weighted by Gasteiger charge is 2.47. The molecule has 2 heterocycles. The van der Waals surface area contributed by atoms with Crippen LogP contribution < -0.4 is 0 Å². The molecule has 2 saturated heterocycles. The highest BCUT2D eigenvalue weighted by molar-refractivity contribution is 5.81. The highest BCUT2D eigenvalue weighted by Crippen LogP contribution is 2.34. The van der Waals surface area contributed by atoms with Crippen molar-refractivity contribution in [3.05, 3.63) is 0 Å². The van der Waals surface area contributed by atoms with E-state index in [-0.39, 0.29) is 24.9 Å². The Bertz CT molecular complexity index is 325. The summed E-state index contributed by atoms with van der Waals surface area (Å²) in [6.45, 7) is 7.05. The van der Waals surface area contributed by atoms with Gasteiger partial charge in [-0.15, -0.1) is 0 Å². The third-order valence-electron chi connectivity index (χ3n) is 3.50. The van der Waals surface area contributed by atoms with Crippen LogP contribution in [-0.4, -0.2) is 53.9 Å². The van der Waals surface area contributed by atoms with Crippen LogP contribution in [0.4, 0.5) is 8.78 Å². The second-order valence-corrected chi connectivity index (χ2v) is 6.19. The minimum Gasteiger partial charge on any atom is -0.339 e. The van der Waals surface area contributed by atoms with Crippen LogP contribution >= 0.6 is 0 Å². The van der Waals surface area contributed by atoms with Gasteiger partial charge in [-0.05, 0) is 0 Å². The van der Waals surface area contributed by atoms with Crippen molar-refractivity contribution >= 4 is 5.91 Å². The van der Waals surface area contributed by atoms with Gasteiger partial charge in [-0.2, -0.15) is 0 Å². The molecular formula is C12H20F2N2O. The fourth-order valence-electron chi connectivity index (χ4n) is 2.66. The maximum absolute atomic E-state index is 13.3. The molecular weight excluding hydrogens is 226 g/mol. The van der Waals surface area contributed by atoms with Gasteiger partial charge in [0, 0.05) is 37.5 Å². The van der Waals surface area contributed by atoms with Crippen LogP contribution in [0.1, 0.15) is 27.2 Å². The average Bonchev–Trinajstić information content (AvgIpc) is 2.47. The maximum atomic E-state index is 13.3. The summed E-state index contributed by atoms with van der Waals surface area (Å²) in [5.74, 6) is -2.52. The summed E-state index contributed by atoms with van der Waals surface area (Å²) in [5, 5.41) is 0. The lowest BCUT2D eigenvalue weighted by Gasteiger charge is -2.39. The maximum Gasteiger partial charge on any atom is 0.262 e. The predicted octanol–water partition coefficient (Wildman–Crippen LogP) is 1.58. The van der Waals surface area contributed by atoms with Crippen molar-refractivity contribution in [2.24, 2.45) is 5.41 Å². The van der Waals surface area contributed by atoms with Gasteiger partial charge < -0.3 is 4.90 Å². The summed E-state index contributed by atoms with van der Waals surface area (Å²) in [7, 11) is 0. The van der Waals surface area contributed by atoms with Gasteiger partial charge in [-0.25, -0.2) is 8.78 Å². The Morgan fingerprint density at radius 2 is 1.94 bits per heavy atom. The average molecular weight is 246 g/mol. The fourth-order valence-corrected chi connectivity index (χ4v) is 2.66. The minimum atomic E-state index is -2.58. The van der Waals surface area contributed by atoms with Crippen molar-refractivity contribution in [2.75, 3.05) is 26.2 Å². The zero-order valence-electron chi connectivity index (χ0n) is 10.7. The lowest BCUT2D eigenvalue weighted by Crippen LogP contribution is -2.54. The molecule has 0 aromatic heterocycles. The molecule has 0 aliphatic carbocycles. The largest absolute Gasteiger partial charge is 0.339 e. The first-order chi connectivity index (χ1) is 7.69. The molecule has 1 amide bonds. The molecule has 0 radical (unpaired) electrons. The molecule has 1 atom stereocenters. The van der Waals surface area contributed by atoms with E-state index in [0.717, 1.165) is 0 Å². The lowest BCUT2D eigenvalue weighted by molar-refractivity contribution is -0.142.